The Morgan fingerprint density at radius 3 is 2.48 bits per heavy atom. The number of hydrogen-bond acceptors (Lipinski definition) is 4. The van der Waals surface area contributed by atoms with Gasteiger partial charge in [-0.05, 0) is 42.9 Å². The van der Waals surface area contributed by atoms with Crippen molar-refractivity contribution in [3.63, 3.8) is 0 Å². The number of hydrogen-bond donors (Lipinski definition) is 1. The molecular weight excluding hydrogens is 344 g/mol. The first-order chi connectivity index (χ1) is 11.7. The van der Waals surface area contributed by atoms with Gasteiger partial charge in [-0.1, -0.05) is 6.07 Å². The predicted octanol–water partition coefficient (Wildman–Crippen LogP) is 1.41. The lowest BCUT2D eigenvalue weighted by Crippen LogP contribution is -2.51. The van der Waals surface area contributed by atoms with Gasteiger partial charge >= 0.3 is 5.97 Å². The molecule has 8 heteroatoms. The zero-order valence-electron chi connectivity index (χ0n) is 14.1. The van der Waals surface area contributed by atoms with E-state index in [4.69, 9.17) is 5.11 Å². The second kappa shape index (κ2) is 6.42. The lowest BCUT2D eigenvalue weighted by atomic mass is 9.73. The molecule has 0 aliphatic carbocycles. The smallest absolute Gasteiger partial charge is 0.335 e. The van der Waals surface area contributed by atoms with Crippen LogP contribution in [0.25, 0.3) is 0 Å². The van der Waals surface area contributed by atoms with E-state index in [1.807, 2.05) is 0 Å². The molecule has 1 aromatic rings. The first-order valence-corrected chi connectivity index (χ1v) is 9.75. The number of benzene rings is 1. The molecular formula is C17H22N2O5S. The lowest BCUT2D eigenvalue weighted by Gasteiger charge is -2.46. The molecule has 0 saturated carbocycles. The highest BCUT2D eigenvalue weighted by molar-refractivity contribution is 7.89. The Hall–Kier alpha value is -1.93. The molecule has 3 rings (SSSR count). The van der Waals surface area contributed by atoms with Crippen LogP contribution in [-0.4, -0.2) is 61.3 Å². The van der Waals surface area contributed by atoms with Crippen LogP contribution in [0, 0.1) is 5.41 Å². The van der Waals surface area contributed by atoms with Crippen LogP contribution < -0.4 is 0 Å². The minimum absolute atomic E-state index is 0.00239. The van der Waals surface area contributed by atoms with Gasteiger partial charge in [0.1, 0.15) is 0 Å². The fourth-order valence-electron chi connectivity index (χ4n) is 3.78. The van der Waals surface area contributed by atoms with E-state index in [9.17, 15) is 18.0 Å². The molecule has 25 heavy (non-hydrogen) atoms. The van der Waals surface area contributed by atoms with Gasteiger partial charge < -0.3 is 10.0 Å². The maximum absolute atomic E-state index is 12.8. The molecule has 1 N–H and O–H groups in total. The van der Waals surface area contributed by atoms with Gasteiger partial charge in [0.15, 0.2) is 0 Å². The average Bonchev–Trinajstić information content (AvgIpc) is 2.59. The van der Waals surface area contributed by atoms with E-state index in [0.29, 0.717) is 38.9 Å². The molecule has 0 radical (unpaired) electrons. The van der Waals surface area contributed by atoms with Gasteiger partial charge in [-0.2, -0.15) is 4.31 Å². The third-order valence-electron chi connectivity index (χ3n) is 5.37. The maximum atomic E-state index is 12.8. The molecule has 0 bridgehead atoms. The highest BCUT2D eigenvalue weighted by Crippen LogP contribution is 2.40. The summed E-state index contributed by atoms with van der Waals surface area (Å²) in [5.41, 5.74) is -0.0422. The molecule has 2 saturated heterocycles. The van der Waals surface area contributed by atoms with Crippen LogP contribution in [-0.2, 0) is 14.8 Å². The van der Waals surface area contributed by atoms with E-state index < -0.39 is 16.0 Å². The van der Waals surface area contributed by atoms with Crippen molar-refractivity contribution in [3.05, 3.63) is 29.8 Å². The molecule has 1 spiro atoms. The molecule has 2 heterocycles. The Morgan fingerprint density at radius 2 is 1.88 bits per heavy atom. The zero-order chi connectivity index (χ0) is 18.2. The third kappa shape index (κ3) is 3.41. The van der Waals surface area contributed by atoms with E-state index >= 15 is 0 Å². The first-order valence-electron chi connectivity index (χ1n) is 8.31. The highest BCUT2D eigenvalue weighted by atomic mass is 32.2. The van der Waals surface area contributed by atoms with Gasteiger partial charge in [0.25, 0.3) is 0 Å². The minimum Gasteiger partial charge on any atom is -0.478 e. The van der Waals surface area contributed by atoms with Gasteiger partial charge in [-0.25, -0.2) is 13.2 Å². The fraction of sp³-hybridized carbons (Fsp3) is 0.529. The molecule has 2 aliphatic heterocycles. The topological polar surface area (TPSA) is 95.0 Å². The number of carbonyl (C=O) groups excluding carboxylic acids is 1. The summed E-state index contributed by atoms with van der Waals surface area (Å²) in [4.78, 5) is 24.5. The van der Waals surface area contributed by atoms with Crippen LogP contribution in [0.4, 0.5) is 0 Å². The number of carboxylic acid groups (broad SMARTS) is 1. The molecule has 136 valence electrons. The molecule has 1 amide bonds. The number of aromatic carboxylic acids is 1. The van der Waals surface area contributed by atoms with Crippen LogP contribution in [0.5, 0.6) is 0 Å². The quantitative estimate of drug-likeness (QED) is 0.873. The number of likely N-dealkylation sites (tertiary alicyclic amines) is 1. The Kier molecular flexibility index (Phi) is 4.59. The molecule has 2 fully saturated rings. The van der Waals surface area contributed by atoms with Gasteiger partial charge in [0.2, 0.25) is 15.9 Å². The molecule has 0 aromatic heterocycles. The van der Waals surface area contributed by atoms with Crippen molar-refractivity contribution in [2.75, 3.05) is 26.7 Å². The highest BCUT2D eigenvalue weighted by Gasteiger charge is 2.42. The normalized spacial score (nSPS) is 21.5. The maximum Gasteiger partial charge on any atom is 0.335 e. The summed E-state index contributed by atoms with van der Waals surface area (Å²) < 4.78 is 27.1. The summed E-state index contributed by atoms with van der Waals surface area (Å²) >= 11 is 0. The van der Waals surface area contributed by atoms with Crippen LogP contribution in [0.3, 0.4) is 0 Å². The van der Waals surface area contributed by atoms with Crippen LogP contribution in [0.1, 0.15) is 36.0 Å². The first kappa shape index (κ1) is 17.9. The Balaban J connectivity index is 1.75. The van der Waals surface area contributed by atoms with Crippen molar-refractivity contribution in [2.24, 2.45) is 5.41 Å². The molecule has 2 aliphatic rings. The molecule has 0 atom stereocenters. The largest absolute Gasteiger partial charge is 0.478 e. The van der Waals surface area contributed by atoms with E-state index in [2.05, 4.69) is 0 Å². The number of carbonyl (C=O) groups is 2. The van der Waals surface area contributed by atoms with Crippen LogP contribution >= 0.6 is 0 Å². The second-order valence-electron chi connectivity index (χ2n) is 6.99. The predicted molar refractivity (Wildman–Crippen MR) is 90.7 cm³/mol. The van der Waals surface area contributed by atoms with E-state index in [1.165, 1.54) is 28.6 Å². The number of carboxylic acids is 1. The van der Waals surface area contributed by atoms with E-state index in [-0.39, 0.29) is 21.8 Å². The van der Waals surface area contributed by atoms with Crippen molar-refractivity contribution in [1.29, 1.82) is 0 Å². The number of nitrogens with zero attached hydrogens (tertiary/aromatic N) is 2. The fourth-order valence-corrected chi connectivity index (χ4v) is 5.27. The number of piperidine rings is 2. The lowest BCUT2D eigenvalue weighted by molar-refractivity contribution is -0.136. The van der Waals surface area contributed by atoms with Crippen LogP contribution in [0.15, 0.2) is 29.2 Å². The Bertz CT molecular complexity index is 797. The van der Waals surface area contributed by atoms with Crippen molar-refractivity contribution in [3.8, 4) is 0 Å². The van der Waals surface area contributed by atoms with Gasteiger partial charge in [-0.3, -0.25) is 4.79 Å². The monoisotopic (exact) mass is 366 g/mol. The number of rotatable bonds is 3. The minimum atomic E-state index is -3.71. The summed E-state index contributed by atoms with van der Waals surface area (Å²) in [5, 5.41) is 9.06. The van der Waals surface area contributed by atoms with Gasteiger partial charge in [-0.15, -0.1) is 0 Å². The summed E-state index contributed by atoms with van der Waals surface area (Å²) in [6.45, 7) is 1.46. The van der Waals surface area contributed by atoms with Crippen LogP contribution in [0.2, 0.25) is 0 Å². The summed E-state index contributed by atoms with van der Waals surface area (Å²) in [5.74, 6) is -1.00. The summed E-state index contributed by atoms with van der Waals surface area (Å²) in [7, 11) is -1.91. The average molecular weight is 366 g/mol. The number of amides is 1. The Labute approximate surface area is 147 Å². The van der Waals surface area contributed by atoms with Gasteiger partial charge in [0.05, 0.1) is 10.5 Å². The van der Waals surface area contributed by atoms with Crippen molar-refractivity contribution in [2.45, 2.75) is 30.6 Å². The van der Waals surface area contributed by atoms with Crippen molar-refractivity contribution >= 4 is 21.9 Å². The van der Waals surface area contributed by atoms with Crippen molar-refractivity contribution in [1.82, 2.24) is 9.21 Å². The number of sulfonamides is 1. The Morgan fingerprint density at radius 1 is 1.20 bits per heavy atom. The third-order valence-corrected chi connectivity index (χ3v) is 7.26. The van der Waals surface area contributed by atoms with Gasteiger partial charge in [0, 0.05) is 33.1 Å². The SMILES string of the molecule is CN1CC2(CCC1=O)CCN(S(=O)(=O)c1cccc(C(=O)O)c1)CC2. The van der Waals surface area contributed by atoms with E-state index in [1.54, 1.807) is 11.9 Å². The standard InChI is InChI=1S/C17H22N2O5S/c1-18-12-17(6-5-15(18)20)7-9-19(10-8-17)25(23,24)14-4-2-3-13(11-14)16(21)22/h2-4,11H,5-10,12H2,1H3,(H,21,22). The summed E-state index contributed by atoms with van der Waals surface area (Å²) in [6.07, 6.45) is 2.74. The molecule has 7 nitrogen and oxygen atoms in total. The van der Waals surface area contributed by atoms with E-state index in [0.717, 1.165) is 6.42 Å². The zero-order valence-corrected chi connectivity index (χ0v) is 15.0. The summed E-state index contributed by atoms with van der Waals surface area (Å²) in [6, 6.07) is 5.46. The second-order valence-corrected chi connectivity index (χ2v) is 8.92. The van der Waals surface area contributed by atoms with Crippen molar-refractivity contribution < 1.29 is 23.1 Å². The molecule has 1 aromatic carbocycles. The molecule has 0 unspecified atom stereocenters.